The molecule has 0 aromatic rings. The summed E-state index contributed by atoms with van der Waals surface area (Å²) in [5.41, 5.74) is 0. The SMILES string of the molecule is CC1CCCCC1NCCOC1CCOCC1. The number of hydrogen-bond donors (Lipinski definition) is 1. The van der Waals surface area contributed by atoms with E-state index in [1.54, 1.807) is 0 Å². The van der Waals surface area contributed by atoms with E-state index in [1.165, 1.54) is 25.7 Å². The Bertz CT molecular complexity index is 204. The van der Waals surface area contributed by atoms with Gasteiger partial charge < -0.3 is 14.8 Å². The molecular formula is C14H27NO2. The van der Waals surface area contributed by atoms with Crippen molar-refractivity contribution < 1.29 is 9.47 Å². The molecule has 17 heavy (non-hydrogen) atoms. The maximum absolute atomic E-state index is 5.87. The molecule has 0 aromatic heterocycles. The van der Waals surface area contributed by atoms with Crippen molar-refractivity contribution in [1.82, 2.24) is 5.32 Å². The van der Waals surface area contributed by atoms with Crippen molar-refractivity contribution in [3.8, 4) is 0 Å². The molecule has 0 amide bonds. The highest BCUT2D eigenvalue weighted by molar-refractivity contribution is 4.77. The molecule has 0 radical (unpaired) electrons. The van der Waals surface area contributed by atoms with E-state index < -0.39 is 0 Å². The van der Waals surface area contributed by atoms with Crippen LogP contribution in [0, 0.1) is 5.92 Å². The first kappa shape index (κ1) is 13.3. The molecule has 1 heterocycles. The Morgan fingerprint density at radius 2 is 1.88 bits per heavy atom. The van der Waals surface area contributed by atoms with Gasteiger partial charge >= 0.3 is 0 Å². The maximum atomic E-state index is 5.87. The van der Waals surface area contributed by atoms with Gasteiger partial charge in [0, 0.05) is 25.8 Å². The molecule has 3 nitrogen and oxygen atoms in total. The Morgan fingerprint density at radius 1 is 1.12 bits per heavy atom. The molecular weight excluding hydrogens is 214 g/mol. The highest BCUT2D eigenvalue weighted by Gasteiger charge is 2.20. The van der Waals surface area contributed by atoms with Crippen LogP contribution < -0.4 is 5.32 Å². The molecule has 2 fully saturated rings. The quantitative estimate of drug-likeness (QED) is 0.750. The maximum Gasteiger partial charge on any atom is 0.0619 e. The second-order valence-electron chi connectivity index (χ2n) is 5.50. The summed E-state index contributed by atoms with van der Waals surface area (Å²) in [6.45, 7) is 5.98. The molecule has 1 saturated heterocycles. The second-order valence-corrected chi connectivity index (χ2v) is 5.50. The predicted molar refractivity (Wildman–Crippen MR) is 69.2 cm³/mol. The molecule has 0 spiro atoms. The van der Waals surface area contributed by atoms with Gasteiger partial charge in [0.25, 0.3) is 0 Å². The fraction of sp³-hybridized carbons (Fsp3) is 1.00. The highest BCUT2D eigenvalue weighted by Crippen LogP contribution is 2.23. The third kappa shape index (κ3) is 4.57. The lowest BCUT2D eigenvalue weighted by atomic mass is 9.86. The van der Waals surface area contributed by atoms with Crippen LogP contribution in [-0.4, -0.2) is 38.5 Å². The number of rotatable bonds is 5. The molecule has 3 heteroatoms. The van der Waals surface area contributed by atoms with Gasteiger partial charge in [-0.25, -0.2) is 0 Å². The van der Waals surface area contributed by atoms with E-state index in [9.17, 15) is 0 Å². The number of ether oxygens (including phenoxy) is 2. The van der Waals surface area contributed by atoms with Crippen molar-refractivity contribution in [2.45, 2.75) is 57.6 Å². The van der Waals surface area contributed by atoms with Crippen LogP contribution in [0.4, 0.5) is 0 Å². The van der Waals surface area contributed by atoms with Crippen LogP contribution in [0.1, 0.15) is 45.4 Å². The van der Waals surface area contributed by atoms with Gasteiger partial charge in [0.2, 0.25) is 0 Å². The molecule has 1 N–H and O–H groups in total. The summed E-state index contributed by atoms with van der Waals surface area (Å²) in [7, 11) is 0. The van der Waals surface area contributed by atoms with Crippen molar-refractivity contribution in [3.05, 3.63) is 0 Å². The molecule has 1 saturated carbocycles. The van der Waals surface area contributed by atoms with Crippen LogP contribution in [0.3, 0.4) is 0 Å². The molecule has 1 aliphatic carbocycles. The van der Waals surface area contributed by atoms with E-state index in [-0.39, 0.29) is 0 Å². The third-order valence-electron chi connectivity index (χ3n) is 4.14. The van der Waals surface area contributed by atoms with Gasteiger partial charge in [-0.1, -0.05) is 19.8 Å². The number of nitrogens with one attached hydrogen (secondary N) is 1. The summed E-state index contributed by atoms with van der Waals surface area (Å²) in [4.78, 5) is 0. The van der Waals surface area contributed by atoms with E-state index in [0.29, 0.717) is 6.10 Å². The zero-order valence-corrected chi connectivity index (χ0v) is 11.1. The normalized spacial score (nSPS) is 31.6. The van der Waals surface area contributed by atoms with Gasteiger partial charge in [-0.05, 0) is 31.6 Å². The summed E-state index contributed by atoms with van der Waals surface area (Å²) < 4.78 is 11.2. The van der Waals surface area contributed by atoms with E-state index in [2.05, 4.69) is 12.2 Å². The van der Waals surface area contributed by atoms with Crippen LogP contribution in [0.5, 0.6) is 0 Å². The average molecular weight is 241 g/mol. The Labute approximate surface area is 105 Å². The van der Waals surface area contributed by atoms with Crippen LogP contribution in [0.15, 0.2) is 0 Å². The van der Waals surface area contributed by atoms with Crippen molar-refractivity contribution >= 4 is 0 Å². The first-order valence-electron chi connectivity index (χ1n) is 7.29. The van der Waals surface area contributed by atoms with Crippen LogP contribution in [-0.2, 0) is 9.47 Å². The minimum absolute atomic E-state index is 0.439. The zero-order chi connectivity index (χ0) is 11.9. The summed E-state index contributed by atoms with van der Waals surface area (Å²) in [5, 5.41) is 3.65. The average Bonchev–Trinajstić information content (AvgIpc) is 2.38. The first-order chi connectivity index (χ1) is 8.36. The lowest BCUT2D eigenvalue weighted by molar-refractivity contribution is -0.0313. The Hall–Kier alpha value is -0.120. The fourth-order valence-electron chi connectivity index (χ4n) is 2.93. The van der Waals surface area contributed by atoms with Crippen LogP contribution in [0.25, 0.3) is 0 Å². The van der Waals surface area contributed by atoms with Crippen LogP contribution in [0.2, 0.25) is 0 Å². The van der Waals surface area contributed by atoms with Crippen molar-refractivity contribution in [2.24, 2.45) is 5.92 Å². The predicted octanol–water partition coefficient (Wildman–Crippen LogP) is 2.35. The fourth-order valence-corrected chi connectivity index (χ4v) is 2.93. The van der Waals surface area contributed by atoms with Crippen molar-refractivity contribution in [3.63, 3.8) is 0 Å². The first-order valence-corrected chi connectivity index (χ1v) is 7.29. The number of hydrogen-bond acceptors (Lipinski definition) is 3. The summed E-state index contributed by atoms with van der Waals surface area (Å²) >= 11 is 0. The molecule has 2 aliphatic rings. The highest BCUT2D eigenvalue weighted by atomic mass is 16.5. The van der Waals surface area contributed by atoms with Gasteiger partial charge in [-0.3, -0.25) is 0 Å². The molecule has 0 aromatic carbocycles. The van der Waals surface area contributed by atoms with Crippen LogP contribution >= 0.6 is 0 Å². The van der Waals surface area contributed by atoms with Gasteiger partial charge in [-0.15, -0.1) is 0 Å². The minimum atomic E-state index is 0.439. The monoisotopic (exact) mass is 241 g/mol. The summed E-state index contributed by atoms with van der Waals surface area (Å²) in [6, 6.07) is 0.724. The van der Waals surface area contributed by atoms with E-state index in [1.807, 2.05) is 0 Å². The van der Waals surface area contributed by atoms with Gasteiger partial charge in [-0.2, -0.15) is 0 Å². The zero-order valence-electron chi connectivity index (χ0n) is 11.1. The van der Waals surface area contributed by atoms with Crippen molar-refractivity contribution in [1.29, 1.82) is 0 Å². The van der Waals surface area contributed by atoms with Gasteiger partial charge in [0.05, 0.1) is 12.7 Å². The van der Waals surface area contributed by atoms with Gasteiger partial charge in [0.1, 0.15) is 0 Å². The Balaban J connectivity index is 1.53. The smallest absolute Gasteiger partial charge is 0.0619 e. The molecule has 0 bridgehead atoms. The second kappa shape index (κ2) is 7.34. The van der Waals surface area contributed by atoms with E-state index in [4.69, 9.17) is 9.47 Å². The standard InChI is InChI=1S/C14H27NO2/c1-12-4-2-3-5-14(12)15-8-11-17-13-6-9-16-10-7-13/h12-15H,2-11H2,1H3. The Morgan fingerprint density at radius 3 is 2.65 bits per heavy atom. The molecule has 100 valence electrons. The molecule has 1 aliphatic heterocycles. The van der Waals surface area contributed by atoms with E-state index >= 15 is 0 Å². The topological polar surface area (TPSA) is 30.5 Å². The molecule has 2 unspecified atom stereocenters. The van der Waals surface area contributed by atoms with Crippen molar-refractivity contribution in [2.75, 3.05) is 26.4 Å². The molecule has 2 rings (SSSR count). The molecule has 2 atom stereocenters. The lowest BCUT2D eigenvalue weighted by Crippen LogP contribution is -2.39. The minimum Gasteiger partial charge on any atom is -0.381 e. The lowest BCUT2D eigenvalue weighted by Gasteiger charge is -2.30. The largest absolute Gasteiger partial charge is 0.381 e. The van der Waals surface area contributed by atoms with Gasteiger partial charge in [0.15, 0.2) is 0 Å². The van der Waals surface area contributed by atoms with E-state index in [0.717, 1.165) is 51.2 Å². The third-order valence-corrected chi connectivity index (χ3v) is 4.14. The summed E-state index contributed by atoms with van der Waals surface area (Å²) in [6.07, 6.45) is 8.12. The summed E-state index contributed by atoms with van der Waals surface area (Å²) in [5.74, 6) is 0.840. The Kier molecular flexibility index (Phi) is 5.75.